The number of likely N-dealkylation sites (tertiary alicyclic amines) is 1. The summed E-state index contributed by atoms with van der Waals surface area (Å²) < 4.78 is 2.13. The molecule has 2 aliphatic rings. The number of pyridine rings is 1. The van der Waals surface area contributed by atoms with Crippen LogP contribution in [-0.4, -0.2) is 38.4 Å². The summed E-state index contributed by atoms with van der Waals surface area (Å²) in [6.45, 7) is 1.70. The van der Waals surface area contributed by atoms with Gasteiger partial charge in [-0.25, -0.2) is 4.98 Å². The molecule has 3 unspecified atom stereocenters. The number of rotatable bonds is 3. The first kappa shape index (κ1) is 13.5. The number of piperidine rings is 1. The van der Waals surface area contributed by atoms with E-state index >= 15 is 0 Å². The summed E-state index contributed by atoms with van der Waals surface area (Å²) in [6.07, 6.45) is 12.5. The molecular formula is C17H20N4O. The van der Waals surface area contributed by atoms with Gasteiger partial charge in [-0.3, -0.25) is 9.78 Å². The van der Waals surface area contributed by atoms with Crippen molar-refractivity contribution in [3.63, 3.8) is 0 Å². The smallest absolute Gasteiger partial charge is 0.226 e. The molecule has 0 radical (unpaired) electrons. The van der Waals surface area contributed by atoms with Crippen LogP contribution in [0, 0.1) is 5.92 Å². The maximum absolute atomic E-state index is 12.7. The normalized spacial score (nSPS) is 27.6. The molecule has 5 heteroatoms. The van der Waals surface area contributed by atoms with Crippen LogP contribution in [-0.2, 0) is 4.79 Å². The summed E-state index contributed by atoms with van der Waals surface area (Å²) in [5.74, 6) is 0.847. The van der Waals surface area contributed by atoms with E-state index in [0.29, 0.717) is 17.9 Å². The van der Waals surface area contributed by atoms with Crippen molar-refractivity contribution in [3.8, 4) is 0 Å². The molecule has 0 aromatic carbocycles. The molecule has 3 heterocycles. The lowest BCUT2D eigenvalue weighted by atomic mass is 10.0. The molecule has 5 nitrogen and oxygen atoms in total. The molecule has 22 heavy (non-hydrogen) atoms. The average molecular weight is 296 g/mol. The molecule has 3 atom stereocenters. The van der Waals surface area contributed by atoms with Crippen molar-refractivity contribution in [2.45, 2.75) is 31.2 Å². The van der Waals surface area contributed by atoms with Crippen LogP contribution in [0.1, 0.15) is 36.8 Å². The first-order valence-electron chi connectivity index (χ1n) is 7.99. The molecule has 1 aliphatic heterocycles. The monoisotopic (exact) mass is 296 g/mol. The van der Waals surface area contributed by atoms with E-state index in [0.717, 1.165) is 32.4 Å². The fourth-order valence-electron chi connectivity index (χ4n) is 3.55. The van der Waals surface area contributed by atoms with E-state index in [1.54, 1.807) is 12.4 Å². The second-order valence-electron chi connectivity index (χ2n) is 6.33. The van der Waals surface area contributed by atoms with Crippen LogP contribution >= 0.6 is 0 Å². The van der Waals surface area contributed by atoms with E-state index in [-0.39, 0.29) is 5.92 Å². The number of nitrogens with zero attached hydrogens (tertiary/aromatic N) is 4. The number of hydrogen-bond donors (Lipinski definition) is 0. The second kappa shape index (κ2) is 5.55. The number of amides is 1. The van der Waals surface area contributed by atoms with Gasteiger partial charge in [-0.15, -0.1) is 0 Å². The summed E-state index contributed by atoms with van der Waals surface area (Å²) >= 11 is 0. The molecule has 4 rings (SSSR count). The lowest BCUT2D eigenvalue weighted by Crippen LogP contribution is -2.41. The zero-order valence-electron chi connectivity index (χ0n) is 12.5. The number of hydrogen-bond acceptors (Lipinski definition) is 3. The van der Waals surface area contributed by atoms with Gasteiger partial charge in [0.1, 0.15) is 0 Å². The summed E-state index contributed by atoms with van der Waals surface area (Å²) in [7, 11) is 0. The number of imidazole rings is 1. The average Bonchev–Trinajstić information content (AvgIpc) is 3.19. The summed E-state index contributed by atoms with van der Waals surface area (Å²) in [5, 5.41) is 0. The SMILES string of the molecule is O=C(C1CC1c1cccnc1)N1CCCC(n2ccnc2)C1. The molecule has 2 fully saturated rings. The standard InChI is InChI=1S/C17H20N4O/c22-17(16-9-15(16)13-3-1-5-18-10-13)20-7-2-4-14(11-20)21-8-6-19-12-21/h1,3,5-6,8,10,12,14-16H,2,4,7,9,11H2. The van der Waals surface area contributed by atoms with Gasteiger partial charge in [-0.1, -0.05) is 6.07 Å². The van der Waals surface area contributed by atoms with Gasteiger partial charge in [-0.05, 0) is 36.8 Å². The molecule has 1 saturated heterocycles. The van der Waals surface area contributed by atoms with Crippen molar-refractivity contribution in [1.29, 1.82) is 0 Å². The molecule has 1 amide bonds. The molecule has 2 aromatic heterocycles. The summed E-state index contributed by atoms with van der Waals surface area (Å²) in [6, 6.07) is 4.40. The van der Waals surface area contributed by atoms with Crippen molar-refractivity contribution in [1.82, 2.24) is 19.4 Å². The first-order chi connectivity index (χ1) is 10.8. The Morgan fingerprint density at radius 1 is 1.27 bits per heavy atom. The Kier molecular flexibility index (Phi) is 3.41. The van der Waals surface area contributed by atoms with Gasteiger partial charge >= 0.3 is 0 Å². The lowest BCUT2D eigenvalue weighted by molar-refractivity contribution is -0.134. The third-order valence-electron chi connectivity index (χ3n) is 4.87. The van der Waals surface area contributed by atoms with Gasteiger partial charge < -0.3 is 9.47 Å². The highest BCUT2D eigenvalue weighted by Gasteiger charge is 2.46. The Morgan fingerprint density at radius 2 is 2.23 bits per heavy atom. The van der Waals surface area contributed by atoms with Crippen molar-refractivity contribution in [2.75, 3.05) is 13.1 Å². The van der Waals surface area contributed by atoms with Gasteiger partial charge in [0.05, 0.1) is 12.4 Å². The number of carbonyl (C=O) groups excluding carboxylic acids is 1. The van der Waals surface area contributed by atoms with Crippen LogP contribution in [0.2, 0.25) is 0 Å². The van der Waals surface area contributed by atoms with Crippen LogP contribution in [0.15, 0.2) is 43.2 Å². The predicted molar refractivity (Wildman–Crippen MR) is 82.2 cm³/mol. The Hall–Kier alpha value is -2.17. The highest BCUT2D eigenvalue weighted by molar-refractivity contribution is 5.83. The summed E-state index contributed by atoms with van der Waals surface area (Å²) in [5.41, 5.74) is 1.20. The molecular weight excluding hydrogens is 276 g/mol. The number of carbonyl (C=O) groups is 1. The topological polar surface area (TPSA) is 51.0 Å². The minimum atomic E-state index is 0.158. The Bertz CT molecular complexity index is 640. The fourth-order valence-corrected chi connectivity index (χ4v) is 3.55. The molecule has 0 spiro atoms. The molecule has 114 valence electrons. The van der Waals surface area contributed by atoms with Gasteiger partial charge in [0.25, 0.3) is 0 Å². The van der Waals surface area contributed by atoms with E-state index in [1.165, 1.54) is 5.56 Å². The maximum Gasteiger partial charge on any atom is 0.226 e. The van der Waals surface area contributed by atoms with Gasteiger partial charge in [0.2, 0.25) is 5.91 Å². The molecule has 0 N–H and O–H groups in total. The van der Waals surface area contributed by atoms with Gasteiger partial charge in [-0.2, -0.15) is 0 Å². The summed E-state index contributed by atoms with van der Waals surface area (Å²) in [4.78, 5) is 23.1. The zero-order valence-corrected chi connectivity index (χ0v) is 12.5. The molecule has 1 aliphatic carbocycles. The van der Waals surface area contributed by atoms with Crippen molar-refractivity contribution in [2.24, 2.45) is 5.92 Å². The van der Waals surface area contributed by atoms with E-state index < -0.39 is 0 Å². The van der Waals surface area contributed by atoms with E-state index in [4.69, 9.17) is 0 Å². The minimum absolute atomic E-state index is 0.158. The van der Waals surface area contributed by atoms with Crippen LogP contribution in [0.4, 0.5) is 0 Å². The Morgan fingerprint density at radius 3 is 3.00 bits per heavy atom. The van der Waals surface area contributed by atoms with Gasteiger partial charge in [0, 0.05) is 43.8 Å². The quantitative estimate of drug-likeness (QED) is 0.873. The van der Waals surface area contributed by atoms with Crippen molar-refractivity contribution in [3.05, 3.63) is 48.8 Å². The zero-order chi connectivity index (χ0) is 14.9. The van der Waals surface area contributed by atoms with Crippen LogP contribution in [0.3, 0.4) is 0 Å². The van der Waals surface area contributed by atoms with E-state index in [2.05, 4.69) is 25.5 Å². The van der Waals surface area contributed by atoms with Gasteiger partial charge in [0.15, 0.2) is 0 Å². The third-order valence-corrected chi connectivity index (χ3v) is 4.87. The van der Waals surface area contributed by atoms with Crippen LogP contribution < -0.4 is 0 Å². The highest BCUT2D eigenvalue weighted by Crippen LogP contribution is 2.48. The third kappa shape index (κ3) is 2.51. The Balaban J connectivity index is 1.41. The van der Waals surface area contributed by atoms with E-state index in [9.17, 15) is 4.79 Å². The fraction of sp³-hybridized carbons (Fsp3) is 0.471. The molecule has 0 bridgehead atoms. The predicted octanol–water partition coefficient (Wildman–Crippen LogP) is 2.25. The second-order valence-corrected chi connectivity index (χ2v) is 6.33. The number of aromatic nitrogens is 3. The highest BCUT2D eigenvalue weighted by atomic mass is 16.2. The molecule has 2 aromatic rings. The molecule has 1 saturated carbocycles. The van der Waals surface area contributed by atoms with Crippen molar-refractivity contribution >= 4 is 5.91 Å². The Labute approximate surface area is 130 Å². The van der Waals surface area contributed by atoms with E-state index in [1.807, 2.05) is 24.8 Å². The first-order valence-corrected chi connectivity index (χ1v) is 7.99. The minimum Gasteiger partial charge on any atom is -0.340 e. The van der Waals surface area contributed by atoms with Crippen LogP contribution in [0.25, 0.3) is 0 Å². The maximum atomic E-state index is 12.7. The van der Waals surface area contributed by atoms with Crippen molar-refractivity contribution < 1.29 is 4.79 Å². The largest absolute Gasteiger partial charge is 0.340 e. The van der Waals surface area contributed by atoms with Crippen LogP contribution in [0.5, 0.6) is 0 Å². The lowest BCUT2D eigenvalue weighted by Gasteiger charge is -2.33.